The van der Waals surface area contributed by atoms with Crippen LogP contribution in [-0.4, -0.2) is 63.9 Å². The number of imide groups is 1. The van der Waals surface area contributed by atoms with Crippen LogP contribution in [0.5, 0.6) is 5.75 Å². The van der Waals surface area contributed by atoms with E-state index in [1.54, 1.807) is 18.2 Å². The topological polar surface area (TPSA) is 66.0 Å². The van der Waals surface area contributed by atoms with Gasteiger partial charge in [-0.3, -0.25) is 19.6 Å². The number of pyridine rings is 1. The van der Waals surface area contributed by atoms with Crippen molar-refractivity contribution in [3.8, 4) is 5.75 Å². The van der Waals surface area contributed by atoms with E-state index in [2.05, 4.69) is 9.88 Å². The lowest BCUT2D eigenvalue weighted by Gasteiger charge is -2.41. The summed E-state index contributed by atoms with van der Waals surface area (Å²) >= 11 is 0. The number of hydrogen-bond acceptors (Lipinski definition) is 5. The van der Waals surface area contributed by atoms with E-state index >= 15 is 0 Å². The predicted octanol–water partition coefficient (Wildman–Crippen LogP) is 2.91. The molecular formula is C23H28N4O3. The van der Waals surface area contributed by atoms with Crippen LogP contribution < -0.4 is 4.74 Å². The molecule has 4 rings (SSSR count). The molecule has 2 aliphatic heterocycles. The van der Waals surface area contributed by atoms with Crippen molar-refractivity contribution in [3.63, 3.8) is 0 Å². The third-order valence-electron chi connectivity index (χ3n) is 6.21. The van der Waals surface area contributed by atoms with Crippen LogP contribution in [0, 0.1) is 0 Å². The van der Waals surface area contributed by atoms with Crippen molar-refractivity contribution in [2.45, 2.75) is 38.4 Å². The zero-order chi connectivity index (χ0) is 21.1. The largest absolute Gasteiger partial charge is 0.497 e. The van der Waals surface area contributed by atoms with Gasteiger partial charge < -0.3 is 9.64 Å². The number of benzene rings is 1. The molecule has 0 saturated carbocycles. The number of piperidine rings is 1. The SMILES string of the molecule is CCN1C(=O)N(Cc2cccc(OC)c2)C(=O)C12CCN(Cc1ccccn1)CC2. The molecule has 2 aromatic rings. The molecule has 3 heterocycles. The Hall–Kier alpha value is -2.93. The number of nitrogens with zero attached hydrogens (tertiary/aromatic N) is 4. The Morgan fingerprint density at radius 2 is 1.87 bits per heavy atom. The maximum Gasteiger partial charge on any atom is 0.327 e. The van der Waals surface area contributed by atoms with Gasteiger partial charge in [0.05, 0.1) is 19.3 Å². The first-order valence-electron chi connectivity index (χ1n) is 10.5. The molecule has 7 heteroatoms. The average Bonchev–Trinajstić information content (AvgIpc) is 2.97. The van der Waals surface area contributed by atoms with Gasteiger partial charge in [-0.25, -0.2) is 4.79 Å². The van der Waals surface area contributed by atoms with Crippen molar-refractivity contribution in [2.24, 2.45) is 0 Å². The normalized spacial score (nSPS) is 19.0. The van der Waals surface area contributed by atoms with Crippen LogP contribution in [0.15, 0.2) is 48.7 Å². The molecule has 0 bridgehead atoms. The summed E-state index contributed by atoms with van der Waals surface area (Å²) in [6, 6.07) is 13.2. The molecule has 2 fully saturated rings. The van der Waals surface area contributed by atoms with Crippen LogP contribution >= 0.6 is 0 Å². The van der Waals surface area contributed by atoms with E-state index in [4.69, 9.17) is 4.74 Å². The summed E-state index contributed by atoms with van der Waals surface area (Å²) in [6.07, 6.45) is 3.09. The molecule has 0 radical (unpaired) electrons. The van der Waals surface area contributed by atoms with Gasteiger partial charge in [-0.05, 0) is 49.6 Å². The lowest BCUT2D eigenvalue weighted by atomic mass is 9.85. The summed E-state index contributed by atoms with van der Waals surface area (Å²) < 4.78 is 5.28. The standard InChI is InChI=1S/C23H28N4O3/c1-3-27-22(29)26(16-18-7-6-9-20(15-18)30-2)21(28)23(27)10-13-25(14-11-23)17-19-8-4-5-12-24-19/h4-9,12,15H,3,10-11,13-14,16-17H2,1-2H3. The molecular weight excluding hydrogens is 380 g/mol. The lowest BCUT2D eigenvalue weighted by Crippen LogP contribution is -2.56. The zero-order valence-corrected chi connectivity index (χ0v) is 17.6. The molecule has 158 valence electrons. The van der Waals surface area contributed by atoms with E-state index in [0.717, 1.165) is 36.6 Å². The number of likely N-dealkylation sites (N-methyl/N-ethyl adjacent to an activating group) is 1. The highest BCUT2D eigenvalue weighted by atomic mass is 16.5. The quantitative estimate of drug-likeness (QED) is 0.688. The Balaban J connectivity index is 1.49. The van der Waals surface area contributed by atoms with Gasteiger partial charge in [-0.1, -0.05) is 18.2 Å². The number of aromatic nitrogens is 1. The van der Waals surface area contributed by atoms with Gasteiger partial charge in [0.25, 0.3) is 5.91 Å². The fourth-order valence-corrected chi connectivity index (χ4v) is 4.60. The number of carbonyl (C=O) groups excluding carboxylic acids is 2. The maximum atomic E-state index is 13.5. The van der Waals surface area contributed by atoms with Crippen LogP contribution in [0.3, 0.4) is 0 Å². The minimum atomic E-state index is -0.731. The molecule has 2 aliphatic rings. The number of rotatable bonds is 6. The van der Waals surface area contributed by atoms with Crippen molar-refractivity contribution in [1.29, 1.82) is 0 Å². The fraction of sp³-hybridized carbons (Fsp3) is 0.435. The first-order chi connectivity index (χ1) is 14.6. The second-order valence-electron chi connectivity index (χ2n) is 7.90. The molecule has 0 aliphatic carbocycles. The number of amides is 3. The Bertz CT molecular complexity index is 910. The maximum absolute atomic E-state index is 13.5. The van der Waals surface area contributed by atoms with Gasteiger partial charge in [0.2, 0.25) is 0 Å². The van der Waals surface area contributed by atoms with Crippen molar-refractivity contribution >= 4 is 11.9 Å². The van der Waals surface area contributed by atoms with Crippen LogP contribution in [0.2, 0.25) is 0 Å². The summed E-state index contributed by atoms with van der Waals surface area (Å²) in [5, 5.41) is 0. The predicted molar refractivity (Wildman–Crippen MR) is 113 cm³/mol. The number of methoxy groups -OCH3 is 1. The van der Waals surface area contributed by atoms with Gasteiger partial charge in [-0.15, -0.1) is 0 Å². The van der Waals surface area contributed by atoms with E-state index in [-0.39, 0.29) is 18.5 Å². The Morgan fingerprint density at radius 3 is 2.53 bits per heavy atom. The van der Waals surface area contributed by atoms with Crippen molar-refractivity contribution in [1.82, 2.24) is 19.7 Å². The van der Waals surface area contributed by atoms with Gasteiger partial charge in [0, 0.05) is 32.4 Å². The summed E-state index contributed by atoms with van der Waals surface area (Å²) in [4.78, 5) is 36.5. The minimum Gasteiger partial charge on any atom is -0.497 e. The number of urea groups is 1. The van der Waals surface area contributed by atoms with E-state index in [9.17, 15) is 9.59 Å². The molecule has 1 spiro atoms. The van der Waals surface area contributed by atoms with Crippen LogP contribution in [0.25, 0.3) is 0 Å². The van der Waals surface area contributed by atoms with Crippen LogP contribution in [-0.2, 0) is 17.9 Å². The molecule has 0 atom stereocenters. The third kappa shape index (κ3) is 3.65. The van der Waals surface area contributed by atoms with Gasteiger partial charge >= 0.3 is 6.03 Å². The zero-order valence-electron chi connectivity index (χ0n) is 17.6. The van der Waals surface area contributed by atoms with E-state index < -0.39 is 5.54 Å². The fourth-order valence-electron chi connectivity index (χ4n) is 4.60. The van der Waals surface area contributed by atoms with Crippen LogP contribution in [0.1, 0.15) is 31.0 Å². The highest BCUT2D eigenvalue weighted by Gasteiger charge is 2.57. The molecule has 2 saturated heterocycles. The van der Waals surface area contributed by atoms with Gasteiger partial charge in [0.15, 0.2) is 0 Å². The van der Waals surface area contributed by atoms with Crippen molar-refractivity contribution in [3.05, 3.63) is 59.9 Å². The number of carbonyl (C=O) groups is 2. The van der Waals surface area contributed by atoms with Crippen LogP contribution in [0.4, 0.5) is 4.79 Å². The summed E-state index contributed by atoms with van der Waals surface area (Å²) in [7, 11) is 1.61. The number of ether oxygens (including phenoxy) is 1. The molecule has 0 N–H and O–H groups in total. The molecule has 30 heavy (non-hydrogen) atoms. The van der Waals surface area contributed by atoms with Crippen molar-refractivity contribution in [2.75, 3.05) is 26.7 Å². The first kappa shape index (κ1) is 20.3. The molecule has 3 amide bonds. The highest BCUT2D eigenvalue weighted by Crippen LogP contribution is 2.38. The smallest absolute Gasteiger partial charge is 0.327 e. The monoisotopic (exact) mass is 408 g/mol. The summed E-state index contributed by atoms with van der Waals surface area (Å²) in [5.74, 6) is 0.645. The second-order valence-corrected chi connectivity index (χ2v) is 7.90. The number of hydrogen-bond donors (Lipinski definition) is 0. The Kier molecular flexibility index (Phi) is 5.72. The van der Waals surface area contributed by atoms with E-state index in [0.29, 0.717) is 19.4 Å². The summed E-state index contributed by atoms with van der Waals surface area (Å²) in [5.41, 5.74) is 1.18. The van der Waals surface area contributed by atoms with E-state index in [1.807, 2.05) is 49.4 Å². The average molecular weight is 409 g/mol. The molecule has 1 aromatic heterocycles. The Morgan fingerprint density at radius 1 is 1.07 bits per heavy atom. The van der Waals surface area contributed by atoms with Gasteiger partial charge in [0.1, 0.15) is 11.3 Å². The highest BCUT2D eigenvalue weighted by molar-refractivity contribution is 6.07. The first-order valence-corrected chi connectivity index (χ1v) is 10.5. The summed E-state index contributed by atoms with van der Waals surface area (Å²) in [6.45, 7) is 5.03. The number of likely N-dealkylation sites (tertiary alicyclic amines) is 1. The molecule has 1 aromatic carbocycles. The molecule has 0 unspecified atom stereocenters. The van der Waals surface area contributed by atoms with Gasteiger partial charge in [-0.2, -0.15) is 0 Å². The minimum absolute atomic E-state index is 0.0744. The Labute approximate surface area is 177 Å². The lowest BCUT2D eigenvalue weighted by molar-refractivity contribution is -0.136. The second kappa shape index (κ2) is 8.44. The third-order valence-corrected chi connectivity index (χ3v) is 6.21. The molecule has 7 nitrogen and oxygen atoms in total. The van der Waals surface area contributed by atoms with E-state index in [1.165, 1.54) is 4.90 Å². The van der Waals surface area contributed by atoms with Crippen molar-refractivity contribution < 1.29 is 14.3 Å².